The Kier molecular flexibility index (Phi) is 2.70. The molecule has 0 bridgehead atoms. The van der Waals surface area contributed by atoms with Crippen molar-refractivity contribution >= 4 is 22.9 Å². The molecule has 2 nitrogen and oxygen atoms in total. The van der Waals surface area contributed by atoms with Crippen molar-refractivity contribution in [3.8, 4) is 0 Å². The second kappa shape index (κ2) is 3.98. The van der Waals surface area contributed by atoms with Crippen molar-refractivity contribution in [1.82, 2.24) is 4.57 Å². The first-order valence-corrected chi connectivity index (χ1v) is 5.40. The average molecular weight is 226 g/mol. The Balaban J connectivity index is 2.27. The van der Waals surface area contributed by atoms with E-state index in [0.29, 0.717) is 11.6 Å². The number of halogens is 1. The van der Waals surface area contributed by atoms with Gasteiger partial charge in [-0.25, -0.2) is 0 Å². The first kappa shape index (κ1) is 9.49. The van der Waals surface area contributed by atoms with E-state index >= 15 is 0 Å². The maximum Gasteiger partial charge on any atom is 0.307 e. The molecule has 0 saturated heterocycles. The molecule has 0 aliphatic rings. The van der Waals surface area contributed by atoms with Gasteiger partial charge in [-0.1, -0.05) is 35.1 Å². The summed E-state index contributed by atoms with van der Waals surface area (Å²) in [4.78, 5) is 11.3. The molecule has 14 heavy (non-hydrogen) atoms. The molecule has 1 aromatic heterocycles. The van der Waals surface area contributed by atoms with Gasteiger partial charge in [0.1, 0.15) is 0 Å². The third-order valence-corrected chi connectivity index (χ3v) is 2.82. The maximum absolute atomic E-state index is 11.3. The van der Waals surface area contributed by atoms with Gasteiger partial charge in [0.05, 0.1) is 6.54 Å². The van der Waals surface area contributed by atoms with E-state index in [2.05, 4.69) is 0 Å². The van der Waals surface area contributed by atoms with E-state index in [1.807, 2.05) is 24.3 Å². The second-order valence-electron chi connectivity index (χ2n) is 2.93. The Hall–Kier alpha value is -1.06. The van der Waals surface area contributed by atoms with Crippen LogP contribution in [0.3, 0.4) is 0 Å². The number of nitrogens with zero attached hydrogens (tertiary/aromatic N) is 1. The van der Waals surface area contributed by atoms with Crippen LogP contribution in [0.5, 0.6) is 0 Å². The lowest BCUT2D eigenvalue weighted by Gasteiger charge is -2.01. The fourth-order valence-electron chi connectivity index (χ4n) is 1.24. The molecule has 2 aromatic rings. The third-order valence-electron chi connectivity index (χ3n) is 1.89. The molecule has 1 aromatic carbocycles. The van der Waals surface area contributed by atoms with Crippen LogP contribution in [0.25, 0.3) is 0 Å². The molecular formula is C10H8ClNOS. The largest absolute Gasteiger partial charge is 0.307 e. The number of benzene rings is 1. The molecule has 0 N–H and O–H groups in total. The van der Waals surface area contributed by atoms with E-state index in [1.165, 1.54) is 11.3 Å². The smallest absolute Gasteiger partial charge is 0.302 e. The highest BCUT2D eigenvalue weighted by molar-refractivity contribution is 7.07. The van der Waals surface area contributed by atoms with Crippen molar-refractivity contribution in [1.29, 1.82) is 0 Å². The first-order chi connectivity index (χ1) is 6.75. The zero-order valence-corrected chi connectivity index (χ0v) is 8.89. The van der Waals surface area contributed by atoms with Gasteiger partial charge in [-0.05, 0) is 17.7 Å². The number of hydrogen-bond acceptors (Lipinski definition) is 2. The Morgan fingerprint density at radius 2 is 2.29 bits per heavy atom. The highest BCUT2D eigenvalue weighted by atomic mass is 35.5. The summed E-state index contributed by atoms with van der Waals surface area (Å²) in [6, 6.07) is 7.53. The Labute approximate surface area is 90.4 Å². The lowest BCUT2D eigenvalue weighted by atomic mass is 10.2. The van der Waals surface area contributed by atoms with E-state index in [0.717, 1.165) is 5.56 Å². The van der Waals surface area contributed by atoms with E-state index < -0.39 is 0 Å². The minimum absolute atomic E-state index is 0.0602. The molecule has 0 aliphatic carbocycles. The van der Waals surface area contributed by atoms with Gasteiger partial charge in [0.2, 0.25) is 0 Å². The van der Waals surface area contributed by atoms with Crippen LogP contribution in [-0.2, 0) is 6.54 Å². The summed E-state index contributed by atoms with van der Waals surface area (Å²) in [5.41, 5.74) is 1.04. The van der Waals surface area contributed by atoms with Gasteiger partial charge < -0.3 is 4.57 Å². The van der Waals surface area contributed by atoms with Crippen LogP contribution in [0.4, 0.5) is 0 Å². The quantitative estimate of drug-likeness (QED) is 0.770. The lowest BCUT2D eigenvalue weighted by molar-refractivity contribution is 0.784. The standard InChI is InChI=1S/C10H8ClNOS/c11-9-3-1-2-8(6-9)7-12-4-5-14-10(12)13/h1-6H,7H2. The number of hydrogen-bond donors (Lipinski definition) is 0. The topological polar surface area (TPSA) is 22.0 Å². The van der Waals surface area contributed by atoms with Crippen molar-refractivity contribution in [3.63, 3.8) is 0 Å². The van der Waals surface area contributed by atoms with Crippen LogP contribution in [0.15, 0.2) is 40.6 Å². The molecule has 0 unspecified atom stereocenters. The van der Waals surface area contributed by atoms with Crippen LogP contribution in [0.2, 0.25) is 5.02 Å². The normalized spacial score (nSPS) is 10.4. The number of aromatic nitrogens is 1. The predicted octanol–water partition coefficient (Wildman–Crippen LogP) is 2.61. The van der Waals surface area contributed by atoms with E-state index in [4.69, 9.17) is 11.6 Å². The molecule has 0 saturated carbocycles. The maximum atomic E-state index is 11.3. The van der Waals surface area contributed by atoms with Crippen molar-refractivity contribution in [2.75, 3.05) is 0 Å². The molecule has 0 fully saturated rings. The van der Waals surface area contributed by atoms with Crippen molar-refractivity contribution in [2.45, 2.75) is 6.54 Å². The van der Waals surface area contributed by atoms with Gasteiger partial charge in [0, 0.05) is 16.6 Å². The zero-order chi connectivity index (χ0) is 9.97. The SMILES string of the molecule is O=c1sccn1Cc1cccc(Cl)c1. The Morgan fingerprint density at radius 3 is 2.93 bits per heavy atom. The summed E-state index contributed by atoms with van der Waals surface area (Å²) in [5.74, 6) is 0. The minimum Gasteiger partial charge on any atom is -0.302 e. The van der Waals surface area contributed by atoms with Crippen LogP contribution < -0.4 is 4.87 Å². The fourth-order valence-corrected chi connectivity index (χ4v) is 2.04. The van der Waals surface area contributed by atoms with Gasteiger partial charge >= 0.3 is 4.87 Å². The molecule has 72 valence electrons. The third kappa shape index (κ3) is 2.05. The molecule has 0 atom stereocenters. The number of thiazole rings is 1. The molecular weight excluding hydrogens is 218 g/mol. The van der Waals surface area contributed by atoms with Crippen LogP contribution >= 0.6 is 22.9 Å². The van der Waals surface area contributed by atoms with Gasteiger partial charge in [-0.3, -0.25) is 4.79 Å². The summed E-state index contributed by atoms with van der Waals surface area (Å²) >= 11 is 7.04. The molecule has 4 heteroatoms. The van der Waals surface area contributed by atoms with Gasteiger partial charge in [0.15, 0.2) is 0 Å². The fraction of sp³-hybridized carbons (Fsp3) is 0.100. The Morgan fingerprint density at radius 1 is 1.43 bits per heavy atom. The van der Waals surface area contributed by atoms with Crippen LogP contribution in [-0.4, -0.2) is 4.57 Å². The van der Waals surface area contributed by atoms with Gasteiger partial charge in [0.25, 0.3) is 0 Å². The predicted molar refractivity (Wildman–Crippen MR) is 59.1 cm³/mol. The van der Waals surface area contributed by atoms with Crippen molar-refractivity contribution in [3.05, 3.63) is 56.1 Å². The highest BCUT2D eigenvalue weighted by Gasteiger charge is 1.98. The van der Waals surface area contributed by atoms with Crippen LogP contribution in [0.1, 0.15) is 5.56 Å². The molecule has 1 heterocycles. The molecule has 2 rings (SSSR count). The van der Waals surface area contributed by atoms with E-state index in [-0.39, 0.29) is 4.87 Å². The van der Waals surface area contributed by atoms with Crippen molar-refractivity contribution in [2.24, 2.45) is 0 Å². The summed E-state index contributed by atoms with van der Waals surface area (Å²) in [7, 11) is 0. The van der Waals surface area contributed by atoms with E-state index in [9.17, 15) is 4.79 Å². The molecule has 0 radical (unpaired) electrons. The summed E-state index contributed by atoms with van der Waals surface area (Å²) < 4.78 is 1.66. The summed E-state index contributed by atoms with van der Waals surface area (Å²) in [6.45, 7) is 0.586. The van der Waals surface area contributed by atoms with E-state index in [1.54, 1.807) is 16.1 Å². The van der Waals surface area contributed by atoms with Crippen molar-refractivity contribution < 1.29 is 0 Å². The highest BCUT2D eigenvalue weighted by Crippen LogP contribution is 2.11. The molecule has 0 aliphatic heterocycles. The monoisotopic (exact) mass is 225 g/mol. The summed E-state index contributed by atoms with van der Waals surface area (Å²) in [6.07, 6.45) is 1.79. The van der Waals surface area contributed by atoms with Gasteiger partial charge in [-0.15, -0.1) is 0 Å². The van der Waals surface area contributed by atoms with Gasteiger partial charge in [-0.2, -0.15) is 0 Å². The lowest BCUT2D eigenvalue weighted by Crippen LogP contribution is -2.12. The minimum atomic E-state index is 0.0602. The van der Waals surface area contributed by atoms with Crippen LogP contribution in [0, 0.1) is 0 Å². The second-order valence-corrected chi connectivity index (χ2v) is 4.22. The first-order valence-electron chi connectivity index (χ1n) is 4.14. The summed E-state index contributed by atoms with van der Waals surface area (Å²) in [5, 5.41) is 2.48. The molecule has 0 spiro atoms. The number of rotatable bonds is 2. The molecule has 0 amide bonds. The Bertz CT molecular complexity index is 489. The average Bonchev–Trinajstić information content (AvgIpc) is 2.52. The zero-order valence-electron chi connectivity index (χ0n) is 7.31.